The summed E-state index contributed by atoms with van der Waals surface area (Å²) in [7, 11) is 0. The molecule has 4 N–H and O–H groups in total. The van der Waals surface area contributed by atoms with E-state index in [-0.39, 0.29) is 29.6 Å². The second kappa shape index (κ2) is 16.9. The molecular formula is C37H47FN4O4. The molecule has 1 heterocycles. The van der Waals surface area contributed by atoms with E-state index in [9.17, 15) is 18.8 Å². The monoisotopic (exact) mass is 630 g/mol. The molecule has 3 aromatic rings. The summed E-state index contributed by atoms with van der Waals surface area (Å²) in [6.07, 6.45) is 5.82. The molecule has 0 radical (unpaired) electrons. The van der Waals surface area contributed by atoms with Crippen molar-refractivity contribution >= 4 is 23.4 Å². The fourth-order valence-electron chi connectivity index (χ4n) is 6.02. The van der Waals surface area contributed by atoms with Crippen LogP contribution in [0.2, 0.25) is 0 Å². The van der Waals surface area contributed by atoms with Gasteiger partial charge in [0.1, 0.15) is 11.6 Å². The highest BCUT2D eigenvalue weighted by atomic mass is 19.1. The minimum atomic E-state index is -0.571. The van der Waals surface area contributed by atoms with E-state index in [1.807, 2.05) is 42.2 Å². The number of nitrogens with two attached hydrogens (primary N) is 1. The van der Waals surface area contributed by atoms with Crippen LogP contribution < -0.4 is 21.1 Å². The normalized spacial score (nSPS) is 16.4. The van der Waals surface area contributed by atoms with Gasteiger partial charge in [0.15, 0.2) is 0 Å². The Hall–Kier alpha value is -4.24. The predicted molar refractivity (Wildman–Crippen MR) is 179 cm³/mol. The molecule has 8 nitrogen and oxygen atoms in total. The first-order valence-corrected chi connectivity index (χ1v) is 16.4. The Morgan fingerprint density at radius 1 is 1.02 bits per heavy atom. The van der Waals surface area contributed by atoms with Gasteiger partial charge in [-0.05, 0) is 87.1 Å². The van der Waals surface area contributed by atoms with E-state index >= 15 is 0 Å². The maximum atomic E-state index is 13.8. The summed E-state index contributed by atoms with van der Waals surface area (Å²) >= 11 is 0. The molecule has 246 valence electrons. The molecule has 3 amide bonds. The maximum Gasteiger partial charge on any atom is 0.254 e. The Kier molecular flexibility index (Phi) is 12.7. The molecule has 0 aromatic heterocycles. The lowest BCUT2D eigenvalue weighted by Crippen LogP contribution is -2.50. The zero-order valence-corrected chi connectivity index (χ0v) is 27.1. The first-order valence-electron chi connectivity index (χ1n) is 16.4. The quantitative estimate of drug-likeness (QED) is 0.181. The van der Waals surface area contributed by atoms with Crippen LogP contribution >= 0.6 is 0 Å². The second-order valence-electron chi connectivity index (χ2n) is 12.2. The number of carbonyl (C=O) groups is 3. The van der Waals surface area contributed by atoms with Crippen molar-refractivity contribution in [3.63, 3.8) is 0 Å². The third-order valence-electron chi connectivity index (χ3n) is 8.57. The largest absolute Gasteiger partial charge is 0.494 e. The smallest absolute Gasteiger partial charge is 0.254 e. The van der Waals surface area contributed by atoms with Crippen LogP contribution in [0.3, 0.4) is 0 Å². The Morgan fingerprint density at radius 2 is 1.74 bits per heavy atom. The fraction of sp³-hybridized carbons (Fsp3) is 0.432. The summed E-state index contributed by atoms with van der Waals surface area (Å²) in [5.41, 5.74) is 8.92. The number of nitrogens with one attached hydrogen (secondary N) is 2. The molecule has 0 unspecified atom stereocenters. The Morgan fingerprint density at radius 3 is 2.43 bits per heavy atom. The number of likely N-dealkylation sites (tertiary alicyclic amines) is 1. The van der Waals surface area contributed by atoms with Crippen LogP contribution in [-0.2, 0) is 11.2 Å². The van der Waals surface area contributed by atoms with Gasteiger partial charge in [-0.2, -0.15) is 0 Å². The van der Waals surface area contributed by atoms with Crippen LogP contribution in [0.5, 0.6) is 5.75 Å². The molecule has 0 bridgehead atoms. The second-order valence-corrected chi connectivity index (χ2v) is 12.2. The van der Waals surface area contributed by atoms with E-state index in [0.29, 0.717) is 48.6 Å². The molecular weight excluding hydrogens is 583 g/mol. The molecule has 1 aliphatic rings. The molecule has 0 spiro atoms. The van der Waals surface area contributed by atoms with Gasteiger partial charge in [0.2, 0.25) is 5.91 Å². The van der Waals surface area contributed by atoms with Gasteiger partial charge in [-0.1, -0.05) is 57.0 Å². The number of halogens is 1. The number of nitrogens with zero attached hydrogens (tertiary/aromatic N) is 1. The lowest BCUT2D eigenvalue weighted by atomic mass is 9.91. The number of hydrogen-bond acceptors (Lipinski definition) is 5. The molecule has 46 heavy (non-hydrogen) atoms. The lowest BCUT2D eigenvalue weighted by molar-refractivity contribution is -0.119. The van der Waals surface area contributed by atoms with Crippen LogP contribution in [-0.4, -0.2) is 53.9 Å². The summed E-state index contributed by atoms with van der Waals surface area (Å²) in [6.45, 7) is 6.88. The summed E-state index contributed by atoms with van der Waals surface area (Å²) in [4.78, 5) is 42.4. The Labute approximate surface area is 271 Å². The molecule has 4 rings (SSSR count). The molecule has 0 saturated carbocycles. The minimum absolute atomic E-state index is 0.0901. The van der Waals surface area contributed by atoms with Gasteiger partial charge < -0.3 is 26.0 Å². The van der Waals surface area contributed by atoms with Crippen molar-refractivity contribution in [1.29, 1.82) is 0 Å². The van der Waals surface area contributed by atoms with Crippen molar-refractivity contribution in [2.75, 3.05) is 18.5 Å². The Bertz CT molecular complexity index is 1450. The van der Waals surface area contributed by atoms with Gasteiger partial charge in [0.25, 0.3) is 11.8 Å². The van der Waals surface area contributed by atoms with E-state index in [2.05, 4.69) is 17.6 Å². The van der Waals surface area contributed by atoms with Gasteiger partial charge in [-0.25, -0.2) is 4.39 Å². The molecule has 3 aromatic carbocycles. The van der Waals surface area contributed by atoms with Crippen LogP contribution in [0.25, 0.3) is 0 Å². The number of amides is 3. The van der Waals surface area contributed by atoms with Gasteiger partial charge in [-0.15, -0.1) is 0 Å². The van der Waals surface area contributed by atoms with Gasteiger partial charge in [0.05, 0.1) is 6.61 Å². The number of ether oxygens (including phenoxy) is 1. The number of anilines is 1. The maximum absolute atomic E-state index is 13.8. The highest BCUT2D eigenvalue weighted by molar-refractivity contribution is 6.00. The summed E-state index contributed by atoms with van der Waals surface area (Å²) < 4.78 is 19.1. The van der Waals surface area contributed by atoms with Crippen LogP contribution in [0.4, 0.5) is 10.1 Å². The van der Waals surface area contributed by atoms with E-state index < -0.39 is 18.0 Å². The van der Waals surface area contributed by atoms with Gasteiger partial charge in [0, 0.05) is 47.4 Å². The first-order chi connectivity index (χ1) is 22.2. The standard InChI is InChI=1S/C37H47FN4O4/c1-4-6-13-31-14-10-19-42(31)37(45)28-22-27(23-32(24-28)46-5-2)36(44)41-34(21-26-11-8-7-9-12-26)33(39)20-25(3)35(43)40-30-17-15-29(38)16-18-30/h7-9,11-12,15-18,22-25,31,33-34H,4-6,10,13-14,19-21,39H2,1-3H3,(H,40,43)(H,41,44)/t25-,31+,33+,34+/m1/s1. The van der Waals surface area contributed by atoms with Crippen LogP contribution in [0.15, 0.2) is 72.8 Å². The molecule has 4 atom stereocenters. The average molecular weight is 631 g/mol. The minimum Gasteiger partial charge on any atom is -0.494 e. The highest BCUT2D eigenvalue weighted by Gasteiger charge is 2.30. The number of benzene rings is 3. The number of rotatable bonds is 15. The SMILES string of the molecule is CCCC[C@H]1CCCN1C(=O)c1cc(OCC)cc(C(=O)N[C@@H](Cc2ccccc2)[C@@H](N)C[C@@H](C)C(=O)Nc2ccc(F)cc2)c1. The number of carbonyl (C=O) groups excluding carboxylic acids is 3. The zero-order valence-electron chi connectivity index (χ0n) is 27.1. The van der Waals surface area contributed by atoms with Crippen molar-refractivity contribution < 1.29 is 23.5 Å². The summed E-state index contributed by atoms with van der Waals surface area (Å²) in [5, 5.41) is 5.91. The van der Waals surface area contributed by atoms with E-state index in [0.717, 1.165) is 37.7 Å². The lowest BCUT2D eigenvalue weighted by Gasteiger charge is -2.28. The fourth-order valence-corrected chi connectivity index (χ4v) is 6.02. The van der Waals surface area contributed by atoms with Crippen LogP contribution in [0, 0.1) is 11.7 Å². The van der Waals surface area contributed by atoms with Crippen molar-refractivity contribution in [1.82, 2.24) is 10.2 Å². The van der Waals surface area contributed by atoms with Crippen molar-refractivity contribution in [3.8, 4) is 5.75 Å². The van der Waals surface area contributed by atoms with E-state index in [1.54, 1.807) is 25.1 Å². The molecule has 0 aliphatic carbocycles. The van der Waals surface area contributed by atoms with Crippen molar-refractivity contribution in [3.05, 3.63) is 95.3 Å². The molecule has 1 aliphatic heterocycles. The highest BCUT2D eigenvalue weighted by Crippen LogP contribution is 2.27. The van der Waals surface area contributed by atoms with Crippen molar-refractivity contribution in [2.45, 2.75) is 83.8 Å². The number of unbranched alkanes of at least 4 members (excludes halogenated alkanes) is 1. The first kappa shape index (κ1) is 34.6. The van der Waals surface area contributed by atoms with E-state index in [1.165, 1.54) is 24.3 Å². The van der Waals surface area contributed by atoms with Crippen LogP contribution in [0.1, 0.15) is 85.6 Å². The predicted octanol–water partition coefficient (Wildman–Crippen LogP) is 6.35. The molecule has 1 fully saturated rings. The molecule has 1 saturated heterocycles. The molecule has 9 heteroatoms. The summed E-state index contributed by atoms with van der Waals surface area (Å²) in [6, 6.07) is 19.4. The topological polar surface area (TPSA) is 114 Å². The van der Waals surface area contributed by atoms with Gasteiger partial charge >= 0.3 is 0 Å². The van der Waals surface area contributed by atoms with Gasteiger partial charge in [-0.3, -0.25) is 14.4 Å². The van der Waals surface area contributed by atoms with E-state index in [4.69, 9.17) is 10.5 Å². The Balaban J connectivity index is 1.53. The third kappa shape index (κ3) is 9.63. The average Bonchev–Trinajstić information content (AvgIpc) is 3.53. The summed E-state index contributed by atoms with van der Waals surface area (Å²) in [5.74, 6) is -1.13. The number of hydrogen-bond donors (Lipinski definition) is 3. The van der Waals surface area contributed by atoms with Crippen molar-refractivity contribution in [2.24, 2.45) is 11.7 Å². The third-order valence-corrected chi connectivity index (χ3v) is 8.57. The zero-order chi connectivity index (χ0) is 33.1.